The van der Waals surface area contributed by atoms with Crippen LogP contribution in [0.2, 0.25) is 0 Å². The molecule has 2 rings (SSSR count). The smallest absolute Gasteiger partial charge is 0.324 e. The topological polar surface area (TPSA) is 70.1 Å². The highest BCUT2D eigenvalue weighted by molar-refractivity contribution is 5.88. The third-order valence-electron chi connectivity index (χ3n) is 1.99. The molecular formula is C9H9N3O2. The Hall–Kier alpha value is -2.04. The molecule has 0 aliphatic carbocycles. The van der Waals surface area contributed by atoms with Gasteiger partial charge in [0.15, 0.2) is 0 Å². The predicted octanol–water partition coefficient (Wildman–Crippen LogP) is 0.972. The van der Waals surface area contributed by atoms with E-state index in [1.54, 1.807) is 25.3 Å². The second-order valence-electron chi connectivity index (χ2n) is 2.81. The zero-order valence-electron chi connectivity index (χ0n) is 7.60. The molecule has 1 aromatic heterocycles. The van der Waals surface area contributed by atoms with Crippen LogP contribution in [-0.4, -0.2) is 22.7 Å². The van der Waals surface area contributed by atoms with Gasteiger partial charge in [0.05, 0.1) is 18.1 Å². The number of hydrogen-bond donors (Lipinski definition) is 1. The van der Waals surface area contributed by atoms with Gasteiger partial charge >= 0.3 is 6.03 Å². The minimum atomic E-state index is -0.544. The van der Waals surface area contributed by atoms with Crippen molar-refractivity contribution in [1.82, 2.24) is 9.55 Å². The Morgan fingerprint density at radius 2 is 2.36 bits per heavy atom. The number of nitrogens with zero attached hydrogens (tertiary/aromatic N) is 2. The number of carbonyl (C=O) groups is 1. The normalized spacial score (nSPS) is 10.4. The molecule has 0 atom stereocenters. The van der Waals surface area contributed by atoms with Crippen LogP contribution in [0.3, 0.4) is 0 Å². The third kappa shape index (κ3) is 1.19. The zero-order valence-corrected chi connectivity index (χ0v) is 7.60. The summed E-state index contributed by atoms with van der Waals surface area (Å²) in [5, 5.41) is 0. The molecule has 0 aliphatic rings. The van der Waals surface area contributed by atoms with E-state index in [1.807, 2.05) is 0 Å². The first-order valence-corrected chi connectivity index (χ1v) is 4.03. The van der Waals surface area contributed by atoms with Gasteiger partial charge in [-0.25, -0.2) is 9.78 Å². The van der Waals surface area contributed by atoms with Crippen LogP contribution in [0.1, 0.15) is 0 Å². The molecule has 72 valence electrons. The molecule has 1 aromatic carbocycles. The van der Waals surface area contributed by atoms with Crippen molar-refractivity contribution >= 4 is 17.1 Å². The Labute approximate surface area is 80.1 Å². The molecule has 0 radical (unpaired) electrons. The Morgan fingerprint density at radius 1 is 1.57 bits per heavy atom. The maximum atomic E-state index is 10.9. The third-order valence-corrected chi connectivity index (χ3v) is 1.99. The van der Waals surface area contributed by atoms with Crippen molar-refractivity contribution in [2.24, 2.45) is 5.73 Å². The van der Waals surface area contributed by atoms with Gasteiger partial charge in [0.1, 0.15) is 12.1 Å². The fourth-order valence-corrected chi connectivity index (χ4v) is 1.30. The van der Waals surface area contributed by atoms with E-state index in [0.29, 0.717) is 16.8 Å². The van der Waals surface area contributed by atoms with Gasteiger partial charge in [0, 0.05) is 6.07 Å². The molecule has 2 aromatic rings. The highest BCUT2D eigenvalue weighted by Crippen LogP contribution is 2.18. The van der Waals surface area contributed by atoms with E-state index in [1.165, 1.54) is 10.9 Å². The molecule has 1 heterocycles. The van der Waals surface area contributed by atoms with E-state index in [2.05, 4.69) is 4.98 Å². The molecule has 0 saturated heterocycles. The second kappa shape index (κ2) is 3.02. The number of aromatic nitrogens is 2. The largest absolute Gasteiger partial charge is 0.497 e. The Kier molecular flexibility index (Phi) is 1.85. The summed E-state index contributed by atoms with van der Waals surface area (Å²) in [4.78, 5) is 15.0. The lowest BCUT2D eigenvalue weighted by Crippen LogP contribution is -2.18. The fourth-order valence-electron chi connectivity index (χ4n) is 1.30. The van der Waals surface area contributed by atoms with Crippen LogP contribution in [0.4, 0.5) is 4.79 Å². The van der Waals surface area contributed by atoms with E-state index in [-0.39, 0.29) is 0 Å². The molecule has 14 heavy (non-hydrogen) atoms. The molecule has 0 bridgehead atoms. The van der Waals surface area contributed by atoms with Crippen molar-refractivity contribution in [3.8, 4) is 5.75 Å². The first-order valence-electron chi connectivity index (χ1n) is 4.03. The van der Waals surface area contributed by atoms with E-state index in [0.717, 1.165) is 0 Å². The van der Waals surface area contributed by atoms with Gasteiger partial charge in [-0.2, -0.15) is 0 Å². The lowest BCUT2D eigenvalue weighted by Gasteiger charge is -1.99. The van der Waals surface area contributed by atoms with Gasteiger partial charge in [-0.1, -0.05) is 0 Å². The number of amides is 1. The van der Waals surface area contributed by atoms with Gasteiger partial charge in [0.2, 0.25) is 0 Å². The molecule has 2 N–H and O–H groups in total. The van der Waals surface area contributed by atoms with Gasteiger partial charge in [-0.3, -0.25) is 4.57 Å². The van der Waals surface area contributed by atoms with Gasteiger partial charge in [-0.05, 0) is 12.1 Å². The van der Waals surface area contributed by atoms with Gasteiger partial charge in [-0.15, -0.1) is 0 Å². The Morgan fingerprint density at radius 3 is 3.00 bits per heavy atom. The SMILES string of the molecule is COc1ccc2c(c1)ncn2C(N)=O. The number of ether oxygens (including phenoxy) is 1. The molecule has 0 unspecified atom stereocenters. The number of imidazole rings is 1. The molecule has 1 amide bonds. The first-order chi connectivity index (χ1) is 6.72. The second-order valence-corrected chi connectivity index (χ2v) is 2.81. The molecule has 0 fully saturated rings. The number of hydrogen-bond acceptors (Lipinski definition) is 3. The average molecular weight is 191 g/mol. The summed E-state index contributed by atoms with van der Waals surface area (Å²) < 4.78 is 6.31. The number of nitrogens with two attached hydrogens (primary N) is 1. The predicted molar refractivity (Wildman–Crippen MR) is 51.3 cm³/mol. The van der Waals surface area contributed by atoms with Crippen molar-refractivity contribution < 1.29 is 9.53 Å². The highest BCUT2D eigenvalue weighted by atomic mass is 16.5. The van der Waals surface area contributed by atoms with Crippen molar-refractivity contribution in [2.45, 2.75) is 0 Å². The molecule has 5 nitrogen and oxygen atoms in total. The summed E-state index contributed by atoms with van der Waals surface area (Å²) in [5.74, 6) is 0.701. The average Bonchev–Trinajstić information content (AvgIpc) is 2.59. The summed E-state index contributed by atoms with van der Waals surface area (Å²) in [5.41, 5.74) is 6.51. The van der Waals surface area contributed by atoms with Crippen LogP contribution < -0.4 is 10.5 Å². The lowest BCUT2D eigenvalue weighted by atomic mass is 10.3. The van der Waals surface area contributed by atoms with Crippen LogP contribution >= 0.6 is 0 Å². The maximum Gasteiger partial charge on any atom is 0.324 e. The van der Waals surface area contributed by atoms with E-state index in [4.69, 9.17) is 10.5 Å². The van der Waals surface area contributed by atoms with Crippen LogP contribution in [0.15, 0.2) is 24.5 Å². The van der Waals surface area contributed by atoms with Gasteiger partial charge in [0.25, 0.3) is 0 Å². The Balaban J connectivity index is 2.65. The first kappa shape index (κ1) is 8.55. The standard InChI is InChI=1S/C9H9N3O2/c1-14-6-2-3-8-7(4-6)11-5-12(8)9(10)13/h2-5H,1H3,(H2,10,13). The maximum absolute atomic E-state index is 10.9. The van der Waals surface area contributed by atoms with E-state index in [9.17, 15) is 4.79 Å². The molecule has 0 saturated carbocycles. The molecule has 5 heteroatoms. The minimum Gasteiger partial charge on any atom is -0.497 e. The summed E-state index contributed by atoms with van der Waals surface area (Å²) >= 11 is 0. The van der Waals surface area contributed by atoms with Crippen LogP contribution in [0.25, 0.3) is 11.0 Å². The number of carbonyl (C=O) groups excluding carboxylic acids is 1. The van der Waals surface area contributed by atoms with E-state index < -0.39 is 6.03 Å². The Bertz CT molecular complexity index is 490. The summed E-state index contributed by atoms with van der Waals surface area (Å²) in [6, 6.07) is 4.70. The number of benzene rings is 1. The fraction of sp³-hybridized carbons (Fsp3) is 0.111. The van der Waals surface area contributed by atoms with Crippen molar-refractivity contribution in [1.29, 1.82) is 0 Å². The minimum absolute atomic E-state index is 0.544. The molecular weight excluding hydrogens is 182 g/mol. The quantitative estimate of drug-likeness (QED) is 0.730. The van der Waals surface area contributed by atoms with Crippen molar-refractivity contribution in [3.05, 3.63) is 24.5 Å². The highest BCUT2D eigenvalue weighted by Gasteiger charge is 2.06. The summed E-state index contributed by atoms with van der Waals surface area (Å²) in [7, 11) is 1.58. The van der Waals surface area contributed by atoms with Crippen LogP contribution in [0, 0.1) is 0 Å². The van der Waals surface area contributed by atoms with Crippen LogP contribution in [-0.2, 0) is 0 Å². The summed E-state index contributed by atoms with van der Waals surface area (Å²) in [6.07, 6.45) is 1.40. The monoisotopic (exact) mass is 191 g/mol. The number of rotatable bonds is 1. The van der Waals surface area contributed by atoms with Crippen LogP contribution in [0.5, 0.6) is 5.75 Å². The number of primary amides is 1. The lowest BCUT2D eigenvalue weighted by molar-refractivity contribution is 0.251. The van der Waals surface area contributed by atoms with Crippen molar-refractivity contribution in [3.63, 3.8) is 0 Å². The van der Waals surface area contributed by atoms with E-state index >= 15 is 0 Å². The zero-order chi connectivity index (χ0) is 10.1. The molecule has 0 aliphatic heterocycles. The van der Waals surface area contributed by atoms with Crippen molar-refractivity contribution in [2.75, 3.05) is 7.11 Å². The summed E-state index contributed by atoms with van der Waals surface area (Å²) in [6.45, 7) is 0. The molecule has 0 spiro atoms. The number of methoxy groups -OCH3 is 1. The number of fused-ring (bicyclic) bond motifs is 1. The van der Waals surface area contributed by atoms with Gasteiger partial charge < -0.3 is 10.5 Å².